The van der Waals surface area contributed by atoms with Crippen molar-refractivity contribution in [1.82, 2.24) is 10.3 Å². The summed E-state index contributed by atoms with van der Waals surface area (Å²) in [6.07, 6.45) is 7.18. The predicted molar refractivity (Wildman–Crippen MR) is 120 cm³/mol. The number of Topliss-reactive ketones (excluding diaryl/α,β-unsaturated/α-hetero) is 1. The number of pyridine rings is 1. The van der Waals surface area contributed by atoms with Gasteiger partial charge in [0.2, 0.25) is 0 Å². The van der Waals surface area contributed by atoms with Gasteiger partial charge in [0.25, 0.3) is 0 Å². The van der Waals surface area contributed by atoms with E-state index >= 15 is 0 Å². The smallest absolute Gasteiger partial charge is 0.407 e. The molecule has 2 aromatic rings. The number of carbonyl (C=O) groups excluding carboxylic acids is 2. The lowest BCUT2D eigenvalue weighted by Gasteiger charge is -2.25. The minimum absolute atomic E-state index is 0.0677. The second kappa shape index (κ2) is 10.1. The summed E-state index contributed by atoms with van der Waals surface area (Å²) in [4.78, 5) is 26.8. The van der Waals surface area contributed by atoms with Crippen molar-refractivity contribution in [1.29, 1.82) is 0 Å². The minimum atomic E-state index is -0.390. The molecule has 3 N–H and O–H groups in total. The van der Waals surface area contributed by atoms with Gasteiger partial charge in [0.05, 0.1) is 16.8 Å². The van der Waals surface area contributed by atoms with Gasteiger partial charge in [-0.2, -0.15) is 0 Å². The van der Waals surface area contributed by atoms with E-state index in [1.807, 2.05) is 39.0 Å². The number of amides is 1. The molecule has 1 fully saturated rings. The number of rotatable bonds is 2. The summed E-state index contributed by atoms with van der Waals surface area (Å²) in [5, 5.41) is 3.72. The van der Waals surface area contributed by atoms with E-state index < -0.39 is 5.60 Å². The maximum atomic E-state index is 11.4. The summed E-state index contributed by atoms with van der Waals surface area (Å²) in [7, 11) is 0. The SMILES string of the molecule is CC(=O)c1cnc2ccc(Br)cc2c1N.CC(C)(C)OC(=O)NC1CCCCC1. The van der Waals surface area contributed by atoms with Gasteiger partial charge in [0.1, 0.15) is 5.60 Å². The second-order valence-corrected chi connectivity index (χ2v) is 9.20. The number of hydrogen-bond acceptors (Lipinski definition) is 5. The summed E-state index contributed by atoms with van der Waals surface area (Å²) < 4.78 is 6.11. The van der Waals surface area contributed by atoms with E-state index in [2.05, 4.69) is 26.2 Å². The summed E-state index contributed by atoms with van der Waals surface area (Å²) in [6, 6.07) is 5.95. The Balaban J connectivity index is 0.000000208. The number of anilines is 1. The van der Waals surface area contributed by atoms with Gasteiger partial charge in [-0.3, -0.25) is 9.78 Å². The Bertz CT molecular complexity index is 871. The zero-order valence-electron chi connectivity index (χ0n) is 17.5. The summed E-state index contributed by atoms with van der Waals surface area (Å²) >= 11 is 3.36. The molecule has 0 aliphatic heterocycles. The van der Waals surface area contributed by atoms with Crippen molar-refractivity contribution in [3.8, 4) is 0 Å². The average molecular weight is 464 g/mol. The highest BCUT2D eigenvalue weighted by atomic mass is 79.9. The molecule has 1 aromatic heterocycles. The van der Waals surface area contributed by atoms with Gasteiger partial charge in [0, 0.05) is 22.1 Å². The van der Waals surface area contributed by atoms with Crippen molar-refractivity contribution in [2.75, 3.05) is 5.73 Å². The fourth-order valence-electron chi connectivity index (χ4n) is 3.19. The molecule has 1 aromatic carbocycles. The number of hydrogen-bond donors (Lipinski definition) is 2. The molecule has 29 heavy (non-hydrogen) atoms. The average Bonchev–Trinajstić information content (AvgIpc) is 2.62. The number of nitrogens with one attached hydrogen (secondary N) is 1. The largest absolute Gasteiger partial charge is 0.444 e. The zero-order chi connectivity index (χ0) is 21.6. The number of halogens is 1. The van der Waals surface area contributed by atoms with Crippen LogP contribution in [-0.2, 0) is 4.74 Å². The monoisotopic (exact) mass is 463 g/mol. The molecule has 0 unspecified atom stereocenters. The number of ether oxygens (including phenoxy) is 1. The summed E-state index contributed by atoms with van der Waals surface area (Å²) in [5.41, 5.74) is 7.28. The van der Waals surface area contributed by atoms with Gasteiger partial charge in [-0.25, -0.2) is 4.79 Å². The molecule has 0 atom stereocenters. The summed E-state index contributed by atoms with van der Waals surface area (Å²) in [6.45, 7) is 7.13. The van der Waals surface area contributed by atoms with Crippen LogP contribution < -0.4 is 11.1 Å². The van der Waals surface area contributed by atoms with E-state index in [9.17, 15) is 9.59 Å². The maximum Gasteiger partial charge on any atom is 0.407 e. The lowest BCUT2D eigenvalue weighted by atomic mass is 9.96. The van der Waals surface area contributed by atoms with Crippen molar-refractivity contribution in [3.63, 3.8) is 0 Å². The first kappa shape index (κ1) is 23.1. The minimum Gasteiger partial charge on any atom is -0.444 e. The Morgan fingerprint density at radius 3 is 2.45 bits per heavy atom. The van der Waals surface area contributed by atoms with Gasteiger partial charge in [0.15, 0.2) is 5.78 Å². The first-order chi connectivity index (χ1) is 13.6. The van der Waals surface area contributed by atoms with Crippen LogP contribution >= 0.6 is 15.9 Å². The number of nitrogen functional groups attached to an aromatic ring is 1. The molecule has 0 saturated heterocycles. The number of nitrogens with two attached hydrogens (primary N) is 1. The van der Waals surface area contributed by atoms with Crippen LogP contribution in [0.15, 0.2) is 28.9 Å². The molecule has 0 bridgehead atoms. The van der Waals surface area contributed by atoms with Crippen LogP contribution in [0.1, 0.15) is 70.2 Å². The highest BCUT2D eigenvalue weighted by Gasteiger charge is 2.20. The van der Waals surface area contributed by atoms with E-state index in [1.54, 1.807) is 0 Å². The quantitative estimate of drug-likeness (QED) is 0.562. The Hall–Kier alpha value is -2.15. The lowest BCUT2D eigenvalue weighted by Crippen LogP contribution is -2.39. The number of nitrogens with zero attached hydrogens (tertiary/aromatic N) is 1. The van der Waals surface area contributed by atoms with Gasteiger partial charge in [-0.15, -0.1) is 0 Å². The molecule has 7 heteroatoms. The van der Waals surface area contributed by atoms with Crippen molar-refractivity contribution < 1.29 is 14.3 Å². The van der Waals surface area contributed by atoms with Crippen LogP contribution in [0.25, 0.3) is 10.9 Å². The number of fused-ring (bicyclic) bond motifs is 1. The standard InChI is InChI=1S/C11H9BrN2O.C11H21NO2/c1-6(15)9-5-14-10-3-2-7(12)4-8(10)11(9)13;1-11(2,3)14-10(13)12-9-7-5-4-6-8-9/h2-5H,1H3,(H2,13,14);9H,4-8H2,1-3H3,(H,12,13). The third kappa shape index (κ3) is 7.31. The molecule has 1 amide bonds. The number of aromatic nitrogens is 1. The molecule has 6 nitrogen and oxygen atoms in total. The first-order valence-corrected chi connectivity index (χ1v) is 10.7. The van der Waals surface area contributed by atoms with Crippen molar-refractivity contribution in [2.24, 2.45) is 0 Å². The molecule has 1 saturated carbocycles. The Morgan fingerprint density at radius 1 is 1.21 bits per heavy atom. The van der Waals surface area contributed by atoms with Gasteiger partial charge < -0.3 is 15.8 Å². The number of carbonyl (C=O) groups is 2. The molecule has 0 radical (unpaired) electrons. The van der Waals surface area contributed by atoms with Crippen molar-refractivity contribution in [3.05, 3.63) is 34.4 Å². The van der Waals surface area contributed by atoms with Gasteiger partial charge in [-0.05, 0) is 58.7 Å². The van der Waals surface area contributed by atoms with Crippen LogP contribution in [0.3, 0.4) is 0 Å². The fraction of sp³-hybridized carbons (Fsp3) is 0.500. The lowest BCUT2D eigenvalue weighted by molar-refractivity contribution is 0.0493. The van der Waals surface area contributed by atoms with Crippen molar-refractivity contribution >= 4 is 44.4 Å². The number of alkyl carbamates (subject to hydrolysis) is 1. The number of ketones is 1. The van der Waals surface area contributed by atoms with Gasteiger partial charge >= 0.3 is 6.09 Å². The van der Waals surface area contributed by atoms with E-state index in [0.29, 0.717) is 17.3 Å². The normalized spacial score (nSPS) is 14.7. The van der Waals surface area contributed by atoms with Gasteiger partial charge in [-0.1, -0.05) is 35.2 Å². The number of benzene rings is 1. The zero-order valence-corrected chi connectivity index (χ0v) is 19.1. The van der Waals surface area contributed by atoms with E-state index in [4.69, 9.17) is 10.5 Å². The Labute approximate surface area is 180 Å². The van der Waals surface area contributed by atoms with Crippen LogP contribution in [0.2, 0.25) is 0 Å². The first-order valence-electron chi connectivity index (χ1n) is 9.91. The van der Waals surface area contributed by atoms with Crippen LogP contribution in [0.5, 0.6) is 0 Å². The maximum absolute atomic E-state index is 11.4. The highest BCUT2D eigenvalue weighted by molar-refractivity contribution is 9.10. The van der Waals surface area contributed by atoms with E-state index in [1.165, 1.54) is 32.4 Å². The molecule has 3 rings (SSSR count). The Kier molecular flexibility index (Phi) is 8.02. The fourth-order valence-corrected chi connectivity index (χ4v) is 3.55. The Morgan fingerprint density at radius 2 is 1.86 bits per heavy atom. The third-order valence-electron chi connectivity index (χ3n) is 4.58. The van der Waals surface area contributed by atoms with E-state index in [-0.39, 0.29) is 11.9 Å². The van der Waals surface area contributed by atoms with E-state index in [0.717, 1.165) is 28.2 Å². The van der Waals surface area contributed by atoms with Crippen LogP contribution in [0.4, 0.5) is 10.5 Å². The topological polar surface area (TPSA) is 94.3 Å². The molecule has 158 valence electrons. The van der Waals surface area contributed by atoms with Crippen LogP contribution in [-0.4, -0.2) is 28.5 Å². The molecular weight excluding hydrogens is 434 g/mol. The third-order valence-corrected chi connectivity index (χ3v) is 5.07. The molecule has 0 spiro atoms. The van der Waals surface area contributed by atoms with Crippen LogP contribution in [0, 0.1) is 0 Å². The second-order valence-electron chi connectivity index (χ2n) is 8.28. The molecule has 1 aliphatic rings. The molecule has 1 heterocycles. The summed E-state index contributed by atoms with van der Waals surface area (Å²) in [5.74, 6) is -0.0677. The predicted octanol–water partition coefficient (Wildman–Crippen LogP) is 5.63. The molecular formula is C22H30BrN3O3. The highest BCUT2D eigenvalue weighted by Crippen LogP contribution is 2.26. The van der Waals surface area contributed by atoms with Crippen molar-refractivity contribution in [2.45, 2.75) is 71.4 Å². The molecule has 1 aliphatic carbocycles.